The maximum absolute atomic E-state index is 12.4. The molecule has 0 aliphatic heterocycles. The Kier molecular flexibility index (Phi) is 4.57. The van der Waals surface area contributed by atoms with Crippen molar-refractivity contribution in [1.82, 2.24) is 0 Å². The van der Waals surface area contributed by atoms with Crippen molar-refractivity contribution in [3.63, 3.8) is 0 Å². The highest BCUT2D eigenvalue weighted by Gasteiger charge is 2.26. The van der Waals surface area contributed by atoms with Crippen LogP contribution in [0, 0.1) is 12.8 Å². The van der Waals surface area contributed by atoms with E-state index < -0.39 is 0 Å². The van der Waals surface area contributed by atoms with Crippen molar-refractivity contribution >= 4 is 5.78 Å². The fourth-order valence-corrected chi connectivity index (χ4v) is 2.94. The predicted octanol–water partition coefficient (Wildman–Crippen LogP) is 4.71. The lowest BCUT2D eigenvalue weighted by Gasteiger charge is -2.23. The Balaban J connectivity index is 1.98. The van der Waals surface area contributed by atoms with Gasteiger partial charge in [0.2, 0.25) is 0 Å². The standard InChI is InChI=1S/C17H24O/c1-3-4-5-6-7-14-9-10-15-12-13(2)8-11-16(15)17(14)18/h8,11-12,14H,3-7,9-10H2,1-2H3/t14-/m1/s1. The normalized spacial score (nSPS) is 18.8. The number of hydrogen-bond donors (Lipinski definition) is 0. The molecule has 0 unspecified atom stereocenters. The molecular weight excluding hydrogens is 220 g/mol. The first-order valence-corrected chi connectivity index (χ1v) is 7.36. The summed E-state index contributed by atoms with van der Waals surface area (Å²) in [6.45, 7) is 4.33. The summed E-state index contributed by atoms with van der Waals surface area (Å²) in [6.07, 6.45) is 8.29. The van der Waals surface area contributed by atoms with E-state index in [4.69, 9.17) is 0 Å². The smallest absolute Gasteiger partial charge is 0.166 e. The molecule has 1 nitrogen and oxygen atoms in total. The zero-order chi connectivity index (χ0) is 13.0. The van der Waals surface area contributed by atoms with Crippen LogP contribution in [0.5, 0.6) is 0 Å². The van der Waals surface area contributed by atoms with Crippen molar-refractivity contribution in [3.8, 4) is 0 Å². The third-order valence-corrected chi connectivity index (χ3v) is 4.07. The molecule has 0 fully saturated rings. The first-order chi connectivity index (χ1) is 8.72. The second-order valence-corrected chi connectivity index (χ2v) is 5.61. The summed E-state index contributed by atoms with van der Waals surface area (Å²) in [5.74, 6) is 0.685. The van der Waals surface area contributed by atoms with Crippen LogP contribution in [-0.2, 0) is 6.42 Å². The molecule has 1 aromatic rings. The fourth-order valence-electron chi connectivity index (χ4n) is 2.94. The van der Waals surface area contributed by atoms with Crippen LogP contribution in [0.2, 0.25) is 0 Å². The third kappa shape index (κ3) is 3.01. The molecule has 1 aliphatic rings. The van der Waals surface area contributed by atoms with Crippen LogP contribution >= 0.6 is 0 Å². The number of carbonyl (C=O) groups excluding carboxylic acids is 1. The lowest BCUT2D eigenvalue weighted by Crippen LogP contribution is -2.22. The Labute approximate surface area is 111 Å². The molecule has 1 atom stereocenters. The van der Waals surface area contributed by atoms with Gasteiger partial charge in [0.25, 0.3) is 0 Å². The molecule has 2 rings (SSSR count). The van der Waals surface area contributed by atoms with Gasteiger partial charge in [-0.15, -0.1) is 0 Å². The minimum Gasteiger partial charge on any atom is -0.294 e. The number of fused-ring (bicyclic) bond motifs is 1. The summed E-state index contributed by atoms with van der Waals surface area (Å²) in [4.78, 5) is 12.4. The Morgan fingerprint density at radius 1 is 1.22 bits per heavy atom. The van der Waals surface area contributed by atoms with Gasteiger partial charge in [-0.05, 0) is 31.7 Å². The van der Waals surface area contributed by atoms with E-state index >= 15 is 0 Å². The average Bonchev–Trinajstić information content (AvgIpc) is 2.37. The van der Waals surface area contributed by atoms with Gasteiger partial charge < -0.3 is 0 Å². The maximum Gasteiger partial charge on any atom is 0.166 e. The van der Waals surface area contributed by atoms with Crippen LogP contribution in [0.4, 0.5) is 0 Å². The van der Waals surface area contributed by atoms with Crippen LogP contribution in [0.25, 0.3) is 0 Å². The number of hydrogen-bond acceptors (Lipinski definition) is 1. The van der Waals surface area contributed by atoms with Gasteiger partial charge in [0.1, 0.15) is 0 Å². The number of unbranched alkanes of at least 4 members (excludes halogenated alkanes) is 3. The molecule has 98 valence electrons. The Morgan fingerprint density at radius 2 is 2.06 bits per heavy atom. The molecule has 18 heavy (non-hydrogen) atoms. The number of rotatable bonds is 5. The van der Waals surface area contributed by atoms with Gasteiger partial charge in [-0.1, -0.05) is 56.4 Å². The number of benzene rings is 1. The van der Waals surface area contributed by atoms with Crippen LogP contribution in [0.15, 0.2) is 18.2 Å². The first kappa shape index (κ1) is 13.3. The van der Waals surface area contributed by atoms with Crippen molar-refractivity contribution in [2.75, 3.05) is 0 Å². The molecule has 0 bridgehead atoms. The van der Waals surface area contributed by atoms with Gasteiger partial charge in [-0.2, -0.15) is 0 Å². The second kappa shape index (κ2) is 6.17. The summed E-state index contributed by atoms with van der Waals surface area (Å²) in [5, 5.41) is 0. The van der Waals surface area contributed by atoms with E-state index in [2.05, 4.69) is 26.0 Å². The highest BCUT2D eigenvalue weighted by atomic mass is 16.1. The Hall–Kier alpha value is -1.11. The summed E-state index contributed by atoms with van der Waals surface area (Å²) < 4.78 is 0. The van der Waals surface area contributed by atoms with Gasteiger partial charge in [0.15, 0.2) is 5.78 Å². The van der Waals surface area contributed by atoms with E-state index in [1.165, 1.54) is 36.8 Å². The highest BCUT2D eigenvalue weighted by Crippen LogP contribution is 2.29. The molecule has 1 aliphatic carbocycles. The lowest BCUT2D eigenvalue weighted by atomic mass is 9.80. The van der Waals surface area contributed by atoms with Gasteiger partial charge >= 0.3 is 0 Å². The van der Waals surface area contributed by atoms with Crippen molar-refractivity contribution in [2.45, 2.75) is 58.8 Å². The Morgan fingerprint density at radius 3 is 2.83 bits per heavy atom. The van der Waals surface area contributed by atoms with Gasteiger partial charge in [0, 0.05) is 11.5 Å². The lowest BCUT2D eigenvalue weighted by molar-refractivity contribution is 0.0892. The average molecular weight is 244 g/mol. The maximum atomic E-state index is 12.4. The highest BCUT2D eigenvalue weighted by molar-refractivity contribution is 6.00. The number of ketones is 1. The number of aryl methyl sites for hydroxylation is 2. The zero-order valence-electron chi connectivity index (χ0n) is 11.7. The minimum absolute atomic E-state index is 0.289. The molecule has 0 amide bonds. The largest absolute Gasteiger partial charge is 0.294 e. The molecule has 1 heteroatoms. The summed E-state index contributed by atoms with van der Waals surface area (Å²) in [6, 6.07) is 6.28. The van der Waals surface area contributed by atoms with Gasteiger partial charge in [0.05, 0.1) is 0 Å². The Bertz CT molecular complexity index is 420. The van der Waals surface area contributed by atoms with E-state index in [0.717, 1.165) is 24.8 Å². The van der Waals surface area contributed by atoms with Crippen molar-refractivity contribution in [1.29, 1.82) is 0 Å². The molecule has 0 saturated carbocycles. The third-order valence-electron chi connectivity index (χ3n) is 4.07. The zero-order valence-corrected chi connectivity index (χ0v) is 11.7. The quantitative estimate of drug-likeness (QED) is 0.685. The van der Waals surface area contributed by atoms with E-state index in [1.54, 1.807) is 0 Å². The molecule has 0 spiro atoms. The van der Waals surface area contributed by atoms with Crippen molar-refractivity contribution in [2.24, 2.45) is 5.92 Å². The topological polar surface area (TPSA) is 17.1 Å². The van der Waals surface area contributed by atoms with Crippen molar-refractivity contribution in [3.05, 3.63) is 34.9 Å². The molecule has 0 radical (unpaired) electrons. The van der Waals surface area contributed by atoms with E-state index in [9.17, 15) is 4.79 Å². The number of Topliss-reactive ketones (excluding diaryl/α,β-unsaturated/α-hetero) is 1. The first-order valence-electron chi connectivity index (χ1n) is 7.36. The SMILES string of the molecule is CCCCCC[C@@H]1CCc2cc(C)ccc2C1=O. The monoisotopic (exact) mass is 244 g/mol. The van der Waals surface area contributed by atoms with Gasteiger partial charge in [-0.3, -0.25) is 4.79 Å². The van der Waals surface area contributed by atoms with Crippen molar-refractivity contribution < 1.29 is 4.79 Å². The second-order valence-electron chi connectivity index (χ2n) is 5.61. The van der Waals surface area contributed by atoms with E-state index in [1.807, 2.05) is 6.07 Å². The molecular formula is C17H24O. The van der Waals surface area contributed by atoms with Crippen LogP contribution in [0.1, 0.15) is 66.9 Å². The molecule has 0 aromatic heterocycles. The van der Waals surface area contributed by atoms with Gasteiger partial charge in [-0.25, -0.2) is 0 Å². The van der Waals surface area contributed by atoms with Crippen LogP contribution < -0.4 is 0 Å². The summed E-state index contributed by atoms with van der Waals surface area (Å²) in [7, 11) is 0. The predicted molar refractivity (Wildman–Crippen MR) is 76.1 cm³/mol. The summed E-state index contributed by atoms with van der Waals surface area (Å²) >= 11 is 0. The van der Waals surface area contributed by atoms with E-state index in [-0.39, 0.29) is 5.92 Å². The van der Waals surface area contributed by atoms with Crippen LogP contribution in [0.3, 0.4) is 0 Å². The summed E-state index contributed by atoms with van der Waals surface area (Å²) in [5.41, 5.74) is 3.53. The fraction of sp³-hybridized carbons (Fsp3) is 0.588. The van der Waals surface area contributed by atoms with E-state index in [0.29, 0.717) is 5.78 Å². The number of carbonyl (C=O) groups is 1. The molecule has 0 heterocycles. The van der Waals surface area contributed by atoms with Crippen LogP contribution in [-0.4, -0.2) is 5.78 Å². The molecule has 1 aromatic carbocycles. The minimum atomic E-state index is 0.289. The molecule has 0 saturated heterocycles. The molecule has 0 N–H and O–H groups in total.